The number of imidazole rings is 1. The number of rotatable bonds is 5. The number of nitrogens with one attached hydrogen (secondary N) is 2. The molecular formula is C24H19N5O2. The van der Waals surface area contributed by atoms with Crippen molar-refractivity contribution >= 4 is 28.0 Å². The molecule has 5 rings (SSSR count). The second kappa shape index (κ2) is 7.87. The van der Waals surface area contributed by atoms with E-state index in [0.29, 0.717) is 11.0 Å². The normalized spacial score (nSPS) is 12.1. The molecule has 0 spiro atoms. The van der Waals surface area contributed by atoms with E-state index in [1.807, 2.05) is 66.7 Å². The van der Waals surface area contributed by atoms with Crippen LogP contribution in [0.4, 0.5) is 0 Å². The lowest BCUT2D eigenvalue weighted by Gasteiger charge is -2.20. The Bertz CT molecular complexity index is 1440. The summed E-state index contributed by atoms with van der Waals surface area (Å²) >= 11 is 0. The number of aromatic nitrogens is 4. The summed E-state index contributed by atoms with van der Waals surface area (Å²) in [6, 6.07) is 22.5. The molecule has 31 heavy (non-hydrogen) atoms. The molecule has 0 aliphatic heterocycles. The lowest BCUT2D eigenvalue weighted by atomic mass is 9.98. The van der Waals surface area contributed by atoms with Gasteiger partial charge in [0.05, 0.1) is 40.6 Å². The predicted octanol–water partition coefficient (Wildman–Crippen LogP) is 3.18. The Labute approximate surface area is 177 Å². The Hall–Kier alpha value is -4.26. The fraction of sp³-hybridized carbons (Fsp3) is 0.0833. The smallest absolute Gasteiger partial charge is 0.269 e. The third-order valence-corrected chi connectivity index (χ3v) is 5.27. The molecule has 0 saturated carbocycles. The number of carbonyl (C=O) groups is 1. The summed E-state index contributed by atoms with van der Waals surface area (Å²) in [4.78, 5) is 37.0. The highest BCUT2D eigenvalue weighted by atomic mass is 16.2. The third kappa shape index (κ3) is 3.69. The van der Waals surface area contributed by atoms with Crippen molar-refractivity contribution in [3.05, 3.63) is 107 Å². The van der Waals surface area contributed by atoms with Crippen LogP contribution >= 0.6 is 0 Å². The van der Waals surface area contributed by atoms with Gasteiger partial charge >= 0.3 is 0 Å². The minimum Gasteiger partial charge on any atom is -0.345 e. The highest BCUT2D eigenvalue weighted by Gasteiger charge is 2.19. The van der Waals surface area contributed by atoms with Crippen LogP contribution in [0.25, 0.3) is 22.1 Å². The third-order valence-electron chi connectivity index (χ3n) is 5.27. The van der Waals surface area contributed by atoms with E-state index in [-0.39, 0.29) is 24.1 Å². The van der Waals surface area contributed by atoms with Gasteiger partial charge in [0.2, 0.25) is 5.91 Å². The van der Waals surface area contributed by atoms with Gasteiger partial charge in [-0.1, -0.05) is 48.5 Å². The van der Waals surface area contributed by atoms with E-state index >= 15 is 0 Å². The molecule has 1 atom stereocenters. The van der Waals surface area contributed by atoms with Gasteiger partial charge in [0, 0.05) is 0 Å². The zero-order chi connectivity index (χ0) is 21.2. The minimum atomic E-state index is -0.370. The summed E-state index contributed by atoms with van der Waals surface area (Å²) in [5.41, 5.74) is 4.59. The summed E-state index contributed by atoms with van der Waals surface area (Å²) in [7, 11) is 0. The average Bonchev–Trinajstić information content (AvgIpc) is 3.28. The SMILES string of the molecule is O=C(Cn1c(=O)cnc2ccccc21)N[C@@H](c1ccccc1)c1ccc2nc[nH]c2c1. The molecule has 0 aliphatic rings. The van der Waals surface area contributed by atoms with Crippen LogP contribution in [0.5, 0.6) is 0 Å². The summed E-state index contributed by atoms with van der Waals surface area (Å²) in [6.07, 6.45) is 2.89. The monoisotopic (exact) mass is 409 g/mol. The molecule has 0 aliphatic carbocycles. The molecule has 2 heterocycles. The maximum absolute atomic E-state index is 13.1. The molecule has 2 N–H and O–H groups in total. The first-order chi connectivity index (χ1) is 15.2. The molecule has 0 unspecified atom stereocenters. The highest BCUT2D eigenvalue weighted by molar-refractivity contribution is 5.81. The fourth-order valence-electron chi connectivity index (χ4n) is 3.77. The quantitative estimate of drug-likeness (QED) is 0.466. The maximum Gasteiger partial charge on any atom is 0.269 e. The van der Waals surface area contributed by atoms with Gasteiger partial charge < -0.3 is 10.3 Å². The Morgan fingerprint density at radius 2 is 1.74 bits per heavy atom. The van der Waals surface area contributed by atoms with Gasteiger partial charge in [-0.3, -0.25) is 14.2 Å². The first kappa shape index (κ1) is 18.7. The Balaban J connectivity index is 1.49. The topological polar surface area (TPSA) is 92.7 Å². The number of para-hydroxylation sites is 2. The zero-order valence-electron chi connectivity index (χ0n) is 16.5. The molecule has 3 aromatic carbocycles. The molecule has 0 radical (unpaired) electrons. The van der Waals surface area contributed by atoms with E-state index in [9.17, 15) is 9.59 Å². The van der Waals surface area contributed by atoms with Crippen LogP contribution in [-0.2, 0) is 11.3 Å². The molecule has 0 saturated heterocycles. The Kier molecular flexibility index (Phi) is 4.76. The van der Waals surface area contributed by atoms with Crippen molar-refractivity contribution in [1.29, 1.82) is 0 Å². The van der Waals surface area contributed by atoms with Crippen LogP contribution in [0.15, 0.2) is 90.1 Å². The molecule has 7 heteroatoms. The first-order valence-electron chi connectivity index (χ1n) is 9.91. The van der Waals surface area contributed by atoms with E-state index in [1.54, 1.807) is 12.4 Å². The first-order valence-corrected chi connectivity index (χ1v) is 9.91. The number of carbonyl (C=O) groups excluding carboxylic acids is 1. The van der Waals surface area contributed by atoms with Crippen molar-refractivity contribution < 1.29 is 4.79 Å². The van der Waals surface area contributed by atoms with Crippen molar-refractivity contribution in [2.45, 2.75) is 12.6 Å². The minimum absolute atomic E-state index is 0.0997. The molecule has 2 aromatic heterocycles. The molecule has 0 bridgehead atoms. The predicted molar refractivity (Wildman–Crippen MR) is 119 cm³/mol. The van der Waals surface area contributed by atoms with Crippen LogP contribution in [0.3, 0.4) is 0 Å². The standard InChI is InChI=1S/C24H19N5O2/c30-22(14-29-21-9-5-4-8-19(21)25-13-23(29)31)28-24(16-6-2-1-3-7-16)17-10-11-18-20(12-17)27-15-26-18/h1-13,15,24H,14H2,(H,26,27)(H,28,30)/t24-/m0/s1. The lowest BCUT2D eigenvalue weighted by molar-refractivity contribution is -0.122. The van der Waals surface area contributed by atoms with Crippen LogP contribution in [0, 0.1) is 0 Å². The molecule has 152 valence electrons. The largest absolute Gasteiger partial charge is 0.345 e. The number of benzene rings is 3. The van der Waals surface area contributed by atoms with Crippen LogP contribution in [-0.4, -0.2) is 25.4 Å². The van der Waals surface area contributed by atoms with E-state index in [4.69, 9.17) is 0 Å². The fourth-order valence-corrected chi connectivity index (χ4v) is 3.77. The number of hydrogen-bond acceptors (Lipinski definition) is 4. The molecule has 1 amide bonds. The summed E-state index contributed by atoms with van der Waals surface area (Å²) in [5.74, 6) is -0.267. The van der Waals surface area contributed by atoms with E-state index in [0.717, 1.165) is 22.2 Å². The summed E-state index contributed by atoms with van der Waals surface area (Å²) in [6.45, 7) is -0.0997. The van der Waals surface area contributed by atoms with Crippen molar-refractivity contribution in [2.75, 3.05) is 0 Å². The van der Waals surface area contributed by atoms with Gasteiger partial charge in [0.25, 0.3) is 5.56 Å². The second-order valence-electron chi connectivity index (χ2n) is 7.26. The van der Waals surface area contributed by atoms with Crippen molar-refractivity contribution in [1.82, 2.24) is 24.8 Å². The van der Waals surface area contributed by atoms with E-state index < -0.39 is 0 Å². The van der Waals surface area contributed by atoms with Crippen molar-refractivity contribution in [2.24, 2.45) is 0 Å². The van der Waals surface area contributed by atoms with E-state index in [2.05, 4.69) is 20.3 Å². The highest BCUT2D eigenvalue weighted by Crippen LogP contribution is 2.24. The maximum atomic E-state index is 13.1. The number of fused-ring (bicyclic) bond motifs is 2. The van der Waals surface area contributed by atoms with Gasteiger partial charge in [-0.25, -0.2) is 9.97 Å². The summed E-state index contributed by atoms with van der Waals surface area (Å²) in [5, 5.41) is 3.09. The number of amides is 1. The molecule has 7 nitrogen and oxygen atoms in total. The zero-order valence-corrected chi connectivity index (χ0v) is 16.5. The van der Waals surface area contributed by atoms with Crippen LogP contribution in [0.2, 0.25) is 0 Å². The lowest BCUT2D eigenvalue weighted by Crippen LogP contribution is -2.35. The van der Waals surface area contributed by atoms with E-state index in [1.165, 1.54) is 10.8 Å². The van der Waals surface area contributed by atoms with Gasteiger partial charge in [-0.05, 0) is 35.4 Å². The van der Waals surface area contributed by atoms with Crippen LogP contribution < -0.4 is 10.9 Å². The molecular weight excluding hydrogens is 390 g/mol. The average molecular weight is 409 g/mol. The number of hydrogen-bond donors (Lipinski definition) is 2. The van der Waals surface area contributed by atoms with Gasteiger partial charge in [-0.15, -0.1) is 0 Å². The van der Waals surface area contributed by atoms with Gasteiger partial charge in [0.1, 0.15) is 6.54 Å². The number of H-pyrrole nitrogens is 1. The van der Waals surface area contributed by atoms with Crippen molar-refractivity contribution in [3.63, 3.8) is 0 Å². The second-order valence-corrected chi connectivity index (χ2v) is 7.26. The van der Waals surface area contributed by atoms with Crippen molar-refractivity contribution in [3.8, 4) is 0 Å². The Morgan fingerprint density at radius 3 is 2.61 bits per heavy atom. The molecule has 0 fully saturated rings. The van der Waals surface area contributed by atoms with Crippen LogP contribution in [0.1, 0.15) is 17.2 Å². The van der Waals surface area contributed by atoms with Gasteiger partial charge in [-0.2, -0.15) is 0 Å². The number of aromatic amines is 1. The summed E-state index contributed by atoms with van der Waals surface area (Å²) < 4.78 is 1.44. The molecule has 5 aromatic rings. The number of nitrogens with zero attached hydrogens (tertiary/aromatic N) is 3. The Morgan fingerprint density at radius 1 is 0.935 bits per heavy atom. The van der Waals surface area contributed by atoms with Gasteiger partial charge in [0.15, 0.2) is 0 Å².